The topological polar surface area (TPSA) is 64.9 Å². The molecule has 1 aromatic carbocycles. The molecule has 2 heterocycles. The number of hydrogen-bond acceptors (Lipinski definition) is 5. The van der Waals surface area contributed by atoms with Gasteiger partial charge in [-0.15, -0.1) is 0 Å². The SMILES string of the molecule is COCc1nc(C)cc(NCc2ccccc2-n2ccnc2)n1. The standard InChI is InChI=1S/C17H19N5O/c1-13-9-16(21-17(20-13)11-23-2)19-10-14-5-3-4-6-15(14)22-8-7-18-12-22/h3-9,12H,10-11H2,1-2H3,(H,19,20,21). The first-order valence-electron chi connectivity index (χ1n) is 7.40. The number of imidazole rings is 1. The summed E-state index contributed by atoms with van der Waals surface area (Å²) in [6.45, 7) is 3.02. The van der Waals surface area contributed by atoms with Crippen LogP contribution >= 0.6 is 0 Å². The van der Waals surface area contributed by atoms with Crippen molar-refractivity contribution in [3.05, 3.63) is 66.1 Å². The minimum absolute atomic E-state index is 0.405. The van der Waals surface area contributed by atoms with Crippen LogP contribution in [0.25, 0.3) is 5.69 Å². The summed E-state index contributed by atoms with van der Waals surface area (Å²) in [6, 6.07) is 10.1. The van der Waals surface area contributed by atoms with Gasteiger partial charge in [-0.05, 0) is 18.6 Å². The molecule has 0 bridgehead atoms. The van der Waals surface area contributed by atoms with E-state index in [1.807, 2.05) is 35.9 Å². The molecule has 23 heavy (non-hydrogen) atoms. The second kappa shape index (κ2) is 7.02. The Morgan fingerprint density at radius 3 is 2.87 bits per heavy atom. The van der Waals surface area contributed by atoms with Crippen LogP contribution in [-0.4, -0.2) is 26.6 Å². The van der Waals surface area contributed by atoms with Crippen LogP contribution in [0.2, 0.25) is 0 Å². The lowest BCUT2D eigenvalue weighted by Gasteiger charge is -2.12. The van der Waals surface area contributed by atoms with Gasteiger partial charge in [0.05, 0.1) is 12.0 Å². The molecule has 0 fully saturated rings. The second-order valence-electron chi connectivity index (χ2n) is 5.20. The van der Waals surface area contributed by atoms with Gasteiger partial charge in [0.25, 0.3) is 0 Å². The Morgan fingerprint density at radius 2 is 2.09 bits per heavy atom. The predicted octanol–water partition coefficient (Wildman–Crippen LogP) is 2.73. The number of nitrogens with zero attached hydrogens (tertiary/aromatic N) is 4. The largest absolute Gasteiger partial charge is 0.377 e. The molecular formula is C17H19N5O. The third kappa shape index (κ3) is 3.73. The Kier molecular flexibility index (Phi) is 4.63. The van der Waals surface area contributed by atoms with Gasteiger partial charge in [-0.1, -0.05) is 18.2 Å². The molecule has 0 spiro atoms. The average Bonchev–Trinajstić information content (AvgIpc) is 3.07. The number of hydrogen-bond donors (Lipinski definition) is 1. The number of benzene rings is 1. The molecule has 0 aliphatic rings. The molecule has 0 atom stereocenters. The highest BCUT2D eigenvalue weighted by atomic mass is 16.5. The third-order valence-corrected chi connectivity index (χ3v) is 3.41. The molecular weight excluding hydrogens is 290 g/mol. The van der Waals surface area contributed by atoms with E-state index < -0.39 is 0 Å². The molecule has 0 saturated carbocycles. The van der Waals surface area contributed by atoms with Crippen molar-refractivity contribution in [1.82, 2.24) is 19.5 Å². The summed E-state index contributed by atoms with van der Waals surface area (Å²) in [5.74, 6) is 1.47. The summed E-state index contributed by atoms with van der Waals surface area (Å²) >= 11 is 0. The maximum Gasteiger partial charge on any atom is 0.156 e. The molecule has 0 unspecified atom stereocenters. The van der Waals surface area contributed by atoms with E-state index in [9.17, 15) is 0 Å². The van der Waals surface area contributed by atoms with Crippen molar-refractivity contribution in [2.45, 2.75) is 20.1 Å². The molecule has 0 amide bonds. The zero-order valence-corrected chi connectivity index (χ0v) is 13.2. The van der Waals surface area contributed by atoms with Crippen LogP contribution in [0.5, 0.6) is 0 Å². The number of ether oxygens (including phenoxy) is 1. The Bertz CT molecular complexity index is 770. The van der Waals surface area contributed by atoms with Crippen molar-refractivity contribution in [3.8, 4) is 5.69 Å². The third-order valence-electron chi connectivity index (χ3n) is 3.41. The minimum Gasteiger partial charge on any atom is -0.377 e. The summed E-state index contributed by atoms with van der Waals surface area (Å²) in [5, 5.41) is 3.36. The summed E-state index contributed by atoms with van der Waals surface area (Å²) in [4.78, 5) is 12.9. The highest BCUT2D eigenvalue weighted by Gasteiger charge is 2.06. The van der Waals surface area contributed by atoms with Gasteiger partial charge in [-0.2, -0.15) is 0 Å². The summed E-state index contributed by atoms with van der Waals surface area (Å²) in [7, 11) is 1.64. The van der Waals surface area contributed by atoms with Gasteiger partial charge in [-0.25, -0.2) is 15.0 Å². The number of methoxy groups -OCH3 is 1. The van der Waals surface area contributed by atoms with Gasteiger partial charge in [0.2, 0.25) is 0 Å². The lowest BCUT2D eigenvalue weighted by molar-refractivity contribution is 0.177. The molecule has 6 heteroatoms. The number of anilines is 1. The van der Waals surface area contributed by atoms with E-state index >= 15 is 0 Å². The highest BCUT2D eigenvalue weighted by Crippen LogP contribution is 2.16. The molecule has 118 valence electrons. The van der Waals surface area contributed by atoms with E-state index in [0.717, 1.165) is 22.8 Å². The van der Waals surface area contributed by atoms with Crippen LogP contribution in [0.3, 0.4) is 0 Å². The lowest BCUT2D eigenvalue weighted by atomic mass is 10.1. The molecule has 0 saturated heterocycles. The molecule has 0 radical (unpaired) electrons. The van der Waals surface area contributed by atoms with E-state index in [1.165, 1.54) is 0 Å². The van der Waals surface area contributed by atoms with Gasteiger partial charge in [0, 0.05) is 37.8 Å². The van der Waals surface area contributed by atoms with Crippen LogP contribution < -0.4 is 5.32 Å². The normalized spacial score (nSPS) is 10.7. The van der Waals surface area contributed by atoms with E-state index in [0.29, 0.717) is 19.0 Å². The first-order chi connectivity index (χ1) is 11.3. The Labute approximate surface area is 135 Å². The van der Waals surface area contributed by atoms with Gasteiger partial charge in [0.1, 0.15) is 12.4 Å². The van der Waals surface area contributed by atoms with Crippen molar-refractivity contribution < 1.29 is 4.74 Å². The van der Waals surface area contributed by atoms with E-state index in [1.54, 1.807) is 19.6 Å². The van der Waals surface area contributed by atoms with Crippen LogP contribution in [0.1, 0.15) is 17.1 Å². The van der Waals surface area contributed by atoms with Crippen molar-refractivity contribution in [2.24, 2.45) is 0 Å². The number of rotatable bonds is 6. The van der Waals surface area contributed by atoms with Crippen LogP contribution in [-0.2, 0) is 17.9 Å². The number of aromatic nitrogens is 4. The van der Waals surface area contributed by atoms with Crippen LogP contribution in [0.4, 0.5) is 5.82 Å². The summed E-state index contributed by atoms with van der Waals surface area (Å²) in [6.07, 6.45) is 5.50. The predicted molar refractivity (Wildman–Crippen MR) is 88.4 cm³/mol. The van der Waals surface area contributed by atoms with Gasteiger partial charge in [0.15, 0.2) is 5.82 Å². The van der Waals surface area contributed by atoms with E-state index in [4.69, 9.17) is 4.74 Å². The van der Waals surface area contributed by atoms with Crippen molar-refractivity contribution in [1.29, 1.82) is 0 Å². The second-order valence-corrected chi connectivity index (χ2v) is 5.20. The fourth-order valence-electron chi connectivity index (χ4n) is 2.41. The minimum atomic E-state index is 0.405. The van der Waals surface area contributed by atoms with Gasteiger partial charge < -0.3 is 14.6 Å². The zero-order valence-electron chi connectivity index (χ0n) is 13.2. The highest BCUT2D eigenvalue weighted by molar-refractivity contribution is 5.44. The van der Waals surface area contributed by atoms with Crippen molar-refractivity contribution >= 4 is 5.82 Å². The first kappa shape index (κ1) is 15.2. The first-order valence-corrected chi connectivity index (χ1v) is 7.40. The smallest absolute Gasteiger partial charge is 0.156 e. The van der Waals surface area contributed by atoms with Crippen LogP contribution in [0.15, 0.2) is 49.1 Å². The number of aryl methyl sites for hydroxylation is 1. The average molecular weight is 309 g/mol. The number of nitrogens with one attached hydrogen (secondary N) is 1. The van der Waals surface area contributed by atoms with Gasteiger partial charge in [-0.3, -0.25) is 0 Å². The van der Waals surface area contributed by atoms with E-state index in [-0.39, 0.29) is 0 Å². The molecule has 3 aromatic rings. The van der Waals surface area contributed by atoms with Gasteiger partial charge >= 0.3 is 0 Å². The number of para-hydroxylation sites is 1. The summed E-state index contributed by atoms with van der Waals surface area (Å²) in [5.41, 5.74) is 3.17. The maximum atomic E-state index is 5.11. The molecule has 0 aliphatic carbocycles. The van der Waals surface area contributed by atoms with Crippen LogP contribution in [0, 0.1) is 6.92 Å². The monoisotopic (exact) mass is 309 g/mol. The Balaban J connectivity index is 1.79. The molecule has 2 aromatic heterocycles. The van der Waals surface area contributed by atoms with Crippen molar-refractivity contribution in [3.63, 3.8) is 0 Å². The molecule has 3 rings (SSSR count). The fourth-order valence-corrected chi connectivity index (χ4v) is 2.41. The quantitative estimate of drug-likeness (QED) is 0.758. The molecule has 6 nitrogen and oxygen atoms in total. The zero-order chi connectivity index (χ0) is 16.1. The van der Waals surface area contributed by atoms with E-state index in [2.05, 4.69) is 32.4 Å². The summed E-state index contributed by atoms with van der Waals surface area (Å²) < 4.78 is 7.10. The fraction of sp³-hybridized carbons (Fsp3) is 0.235. The molecule has 0 aliphatic heterocycles. The maximum absolute atomic E-state index is 5.11. The van der Waals surface area contributed by atoms with Crippen molar-refractivity contribution in [2.75, 3.05) is 12.4 Å². The Hall–Kier alpha value is -2.73. The lowest BCUT2D eigenvalue weighted by Crippen LogP contribution is -2.08. The Morgan fingerprint density at radius 1 is 1.22 bits per heavy atom. The molecule has 1 N–H and O–H groups in total.